The summed E-state index contributed by atoms with van der Waals surface area (Å²) >= 11 is 0. The van der Waals surface area contributed by atoms with Crippen molar-refractivity contribution in [1.29, 1.82) is 0 Å². The summed E-state index contributed by atoms with van der Waals surface area (Å²) in [6.07, 6.45) is 0. The molecule has 71 heavy (non-hydrogen) atoms. The molecule has 0 saturated carbocycles. The Morgan fingerprint density at radius 3 is 1.45 bits per heavy atom. The largest absolute Gasteiger partial charge is 0.436 e. The van der Waals surface area contributed by atoms with Gasteiger partial charge in [-0.15, -0.1) is 0 Å². The molecule has 11 aromatic carbocycles. The predicted molar refractivity (Wildman–Crippen MR) is 293 cm³/mol. The minimum Gasteiger partial charge on any atom is -0.436 e. The lowest BCUT2D eigenvalue weighted by atomic mass is 9.67. The average Bonchev–Trinajstić information content (AvgIpc) is 4.13. The van der Waals surface area contributed by atoms with Crippen LogP contribution in [0.25, 0.3) is 106 Å². The second kappa shape index (κ2) is 16.4. The number of benzene rings is 11. The summed E-state index contributed by atoms with van der Waals surface area (Å²) in [4.78, 5) is 4.75. The normalized spacial score (nSPS) is 12.6. The summed E-state index contributed by atoms with van der Waals surface area (Å²) in [5, 5.41) is 2.42. The van der Waals surface area contributed by atoms with Gasteiger partial charge in [0.15, 0.2) is 5.58 Å². The molecule has 0 spiro atoms. The second-order valence-corrected chi connectivity index (χ2v) is 18.6. The van der Waals surface area contributed by atoms with Gasteiger partial charge in [0.1, 0.15) is 5.52 Å². The van der Waals surface area contributed by atoms with Gasteiger partial charge in [-0.25, -0.2) is 4.98 Å². The molecule has 14 rings (SSSR count). The van der Waals surface area contributed by atoms with Crippen LogP contribution >= 0.6 is 0 Å². The lowest BCUT2D eigenvalue weighted by molar-refractivity contribution is 0.620. The fourth-order valence-electron chi connectivity index (χ4n) is 11.6. The Hall–Kier alpha value is -9.31. The van der Waals surface area contributed by atoms with Crippen LogP contribution in [-0.2, 0) is 5.41 Å². The number of hydrogen-bond acceptors (Lipinski definition) is 2. The molecule has 0 saturated heterocycles. The van der Waals surface area contributed by atoms with Crippen molar-refractivity contribution < 1.29 is 4.42 Å². The smallest absolute Gasteiger partial charge is 0.227 e. The maximum atomic E-state index is 6.12. The van der Waals surface area contributed by atoms with Crippen LogP contribution in [0, 0.1) is 0 Å². The van der Waals surface area contributed by atoms with E-state index < -0.39 is 5.41 Å². The molecule has 0 aliphatic heterocycles. The summed E-state index contributed by atoms with van der Waals surface area (Å²) < 4.78 is 8.54. The minimum absolute atomic E-state index is 0.477. The van der Waals surface area contributed by atoms with Gasteiger partial charge in [0, 0.05) is 22.0 Å². The van der Waals surface area contributed by atoms with E-state index in [9.17, 15) is 0 Å². The standard InChI is InChI=1S/C68H44N2O/c1-4-18-50(19-5-1)68(51-20-6-2-7-21-51)61-29-15-14-28-57(61)58-39-36-48(44-62(58)68)47-37-40-64-59(42-47)60-43-49(38-41-65(60)70(64)52-22-8-3-9-23-52)54-25-11-13-27-56(54)55-26-12-10-24-53(55)45-32-34-46(35-33-45)67-69-63-30-16-17-31-66(63)71-67/h1-44H. The molecule has 332 valence electrons. The third kappa shape index (κ3) is 6.47. The van der Waals surface area contributed by atoms with Crippen LogP contribution in [0.2, 0.25) is 0 Å². The highest BCUT2D eigenvalue weighted by Crippen LogP contribution is 2.57. The van der Waals surface area contributed by atoms with Gasteiger partial charge < -0.3 is 8.98 Å². The molecule has 0 radical (unpaired) electrons. The van der Waals surface area contributed by atoms with Crippen LogP contribution in [0.1, 0.15) is 22.3 Å². The molecular weight excluding hydrogens is 861 g/mol. The Balaban J connectivity index is 0.914. The van der Waals surface area contributed by atoms with E-state index in [1.807, 2.05) is 24.3 Å². The third-order valence-corrected chi connectivity index (χ3v) is 14.8. The number of nitrogens with zero attached hydrogens (tertiary/aromatic N) is 2. The first kappa shape index (κ1) is 40.7. The van der Waals surface area contributed by atoms with E-state index in [2.05, 4.69) is 247 Å². The summed E-state index contributed by atoms with van der Waals surface area (Å²) in [6, 6.07) is 97.1. The number of aromatic nitrogens is 2. The van der Waals surface area contributed by atoms with Gasteiger partial charge in [0.05, 0.1) is 16.4 Å². The lowest BCUT2D eigenvalue weighted by Crippen LogP contribution is -2.28. The fourth-order valence-corrected chi connectivity index (χ4v) is 11.6. The van der Waals surface area contributed by atoms with Gasteiger partial charge in [-0.3, -0.25) is 0 Å². The average molecular weight is 905 g/mol. The molecule has 0 N–H and O–H groups in total. The summed E-state index contributed by atoms with van der Waals surface area (Å²) in [7, 11) is 0. The van der Waals surface area contributed by atoms with Crippen molar-refractivity contribution in [2.24, 2.45) is 0 Å². The Morgan fingerprint density at radius 1 is 0.324 bits per heavy atom. The molecular formula is C68H44N2O. The van der Waals surface area contributed by atoms with Crippen molar-refractivity contribution in [3.63, 3.8) is 0 Å². The van der Waals surface area contributed by atoms with Gasteiger partial charge in [-0.1, -0.05) is 200 Å². The van der Waals surface area contributed by atoms with E-state index in [1.165, 1.54) is 83.0 Å². The van der Waals surface area contributed by atoms with Crippen LogP contribution in [0.3, 0.4) is 0 Å². The molecule has 3 nitrogen and oxygen atoms in total. The van der Waals surface area contributed by atoms with Crippen molar-refractivity contribution >= 4 is 32.9 Å². The first-order valence-corrected chi connectivity index (χ1v) is 24.4. The Labute approximate surface area is 412 Å². The topological polar surface area (TPSA) is 31.0 Å². The van der Waals surface area contributed by atoms with E-state index in [-0.39, 0.29) is 0 Å². The van der Waals surface area contributed by atoms with Gasteiger partial charge >= 0.3 is 0 Å². The second-order valence-electron chi connectivity index (χ2n) is 18.6. The fraction of sp³-hybridized carbons (Fsp3) is 0.0147. The van der Waals surface area contributed by atoms with Gasteiger partial charge in [0.2, 0.25) is 5.89 Å². The monoisotopic (exact) mass is 904 g/mol. The SMILES string of the molecule is c1ccc(-n2c3ccc(-c4ccc5c(c4)C(c4ccccc4)(c4ccccc4)c4ccccc4-5)cc3c3cc(-c4ccccc4-c4ccccc4-c4ccc(-c5nc6ccccc6o5)cc4)ccc32)cc1. The molecule has 2 aromatic heterocycles. The minimum atomic E-state index is -0.477. The van der Waals surface area contributed by atoms with E-state index in [1.54, 1.807) is 0 Å². The van der Waals surface area contributed by atoms with Gasteiger partial charge in [-0.2, -0.15) is 0 Å². The Bertz CT molecular complexity index is 4070. The van der Waals surface area contributed by atoms with Crippen molar-refractivity contribution in [2.45, 2.75) is 5.41 Å². The third-order valence-electron chi connectivity index (χ3n) is 14.8. The summed E-state index contributed by atoms with van der Waals surface area (Å²) in [5.74, 6) is 0.624. The molecule has 2 heterocycles. The first-order chi connectivity index (χ1) is 35.2. The van der Waals surface area contributed by atoms with Crippen molar-refractivity contribution in [1.82, 2.24) is 9.55 Å². The first-order valence-electron chi connectivity index (χ1n) is 24.4. The highest BCUT2D eigenvalue weighted by Gasteiger charge is 2.46. The lowest BCUT2D eigenvalue weighted by Gasteiger charge is -2.34. The zero-order valence-electron chi connectivity index (χ0n) is 38.7. The molecule has 0 unspecified atom stereocenters. The maximum absolute atomic E-state index is 6.12. The zero-order chi connectivity index (χ0) is 46.9. The van der Waals surface area contributed by atoms with Crippen LogP contribution in [0.4, 0.5) is 0 Å². The van der Waals surface area contributed by atoms with E-state index in [0.29, 0.717) is 5.89 Å². The van der Waals surface area contributed by atoms with Gasteiger partial charge in [-0.05, 0) is 145 Å². The van der Waals surface area contributed by atoms with Crippen LogP contribution in [0.5, 0.6) is 0 Å². The number of hydrogen-bond donors (Lipinski definition) is 0. The van der Waals surface area contributed by atoms with Crippen LogP contribution in [0.15, 0.2) is 271 Å². The summed E-state index contributed by atoms with van der Waals surface area (Å²) in [6.45, 7) is 0. The number of oxazole rings is 1. The van der Waals surface area contributed by atoms with Crippen LogP contribution in [-0.4, -0.2) is 9.55 Å². The van der Waals surface area contributed by atoms with Crippen molar-refractivity contribution in [2.75, 3.05) is 0 Å². The Kier molecular flexibility index (Phi) is 9.43. The highest BCUT2D eigenvalue weighted by molar-refractivity contribution is 6.12. The molecule has 1 aliphatic carbocycles. The molecule has 3 heteroatoms. The van der Waals surface area contributed by atoms with E-state index in [0.717, 1.165) is 39.0 Å². The van der Waals surface area contributed by atoms with Gasteiger partial charge in [0.25, 0.3) is 0 Å². The van der Waals surface area contributed by atoms with Crippen molar-refractivity contribution in [3.05, 3.63) is 289 Å². The molecule has 0 fully saturated rings. The molecule has 0 atom stereocenters. The van der Waals surface area contributed by atoms with Crippen molar-refractivity contribution in [3.8, 4) is 72.8 Å². The summed E-state index contributed by atoms with van der Waals surface area (Å²) in [5.41, 5.74) is 22.7. The molecule has 0 bridgehead atoms. The maximum Gasteiger partial charge on any atom is 0.227 e. The zero-order valence-corrected chi connectivity index (χ0v) is 38.7. The van der Waals surface area contributed by atoms with E-state index in [4.69, 9.17) is 9.40 Å². The number of rotatable bonds is 8. The van der Waals surface area contributed by atoms with Crippen LogP contribution < -0.4 is 0 Å². The number of fused-ring (bicyclic) bond motifs is 7. The number of para-hydroxylation sites is 3. The van der Waals surface area contributed by atoms with E-state index >= 15 is 0 Å². The molecule has 1 aliphatic rings. The molecule has 13 aromatic rings. The molecule has 0 amide bonds. The quantitative estimate of drug-likeness (QED) is 0.152. The predicted octanol–water partition coefficient (Wildman–Crippen LogP) is 17.6. The Morgan fingerprint density at radius 2 is 0.789 bits per heavy atom. The highest BCUT2D eigenvalue weighted by atomic mass is 16.3.